The lowest BCUT2D eigenvalue weighted by Gasteiger charge is -2.36. The van der Waals surface area contributed by atoms with Crippen LogP contribution < -0.4 is 0 Å². The molecule has 3 heterocycles. The Kier molecular flexibility index (Phi) is 4.89. The third kappa shape index (κ3) is 3.57. The minimum atomic E-state index is -0.221. The van der Waals surface area contributed by atoms with Gasteiger partial charge in [-0.1, -0.05) is 26.0 Å². The maximum atomic E-state index is 13.3. The maximum absolute atomic E-state index is 13.3. The summed E-state index contributed by atoms with van der Waals surface area (Å²) in [5.74, 6) is 1.29. The van der Waals surface area contributed by atoms with Crippen molar-refractivity contribution >= 4 is 22.8 Å². The Labute approximate surface area is 159 Å². The van der Waals surface area contributed by atoms with Gasteiger partial charge in [0.25, 0.3) is 0 Å². The van der Waals surface area contributed by atoms with Gasteiger partial charge in [-0.3, -0.25) is 9.59 Å². The average Bonchev–Trinajstić information content (AvgIpc) is 3.24. The molecule has 2 aliphatic heterocycles. The van der Waals surface area contributed by atoms with Gasteiger partial charge in [-0.25, -0.2) is 4.98 Å². The van der Waals surface area contributed by atoms with E-state index < -0.39 is 0 Å². The normalized spacial score (nSPS) is 23.6. The molecule has 2 saturated heterocycles. The van der Waals surface area contributed by atoms with E-state index in [9.17, 15) is 9.59 Å². The summed E-state index contributed by atoms with van der Waals surface area (Å²) in [6, 6.07) is 7.95. The molecule has 0 saturated carbocycles. The third-order valence-corrected chi connectivity index (χ3v) is 5.66. The fourth-order valence-electron chi connectivity index (χ4n) is 4.40. The number of carbonyl (C=O) groups excluding carboxylic acids is 2. The molecule has 4 rings (SSSR count). The molecule has 6 heteroatoms. The van der Waals surface area contributed by atoms with Crippen molar-refractivity contribution in [2.75, 3.05) is 19.6 Å². The molecule has 2 atom stereocenters. The fourth-order valence-corrected chi connectivity index (χ4v) is 4.40. The predicted octanol–water partition coefficient (Wildman–Crippen LogP) is 3.12. The number of nitrogens with one attached hydrogen (secondary N) is 1. The molecule has 2 fully saturated rings. The first-order valence-electron chi connectivity index (χ1n) is 10.1. The van der Waals surface area contributed by atoms with Crippen LogP contribution in [0.3, 0.4) is 0 Å². The van der Waals surface area contributed by atoms with Crippen molar-refractivity contribution in [2.24, 2.45) is 11.8 Å². The van der Waals surface area contributed by atoms with Crippen LogP contribution in [0.5, 0.6) is 0 Å². The molecule has 1 aromatic carbocycles. The Morgan fingerprint density at radius 1 is 1.30 bits per heavy atom. The number of benzene rings is 1. The second-order valence-electron chi connectivity index (χ2n) is 8.28. The highest BCUT2D eigenvalue weighted by atomic mass is 16.2. The zero-order valence-corrected chi connectivity index (χ0v) is 16.1. The predicted molar refractivity (Wildman–Crippen MR) is 104 cm³/mol. The smallest absolute Gasteiger partial charge is 0.228 e. The number of imidazole rings is 1. The van der Waals surface area contributed by atoms with Crippen molar-refractivity contribution < 1.29 is 9.59 Å². The van der Waals surface area contributed by atoms with E-state index in [0.29, 0.717) is 18.9 Å². The van der Waals surface area contributed by atoms with Gasteiger partial charge in [-0.2, -0.15) is 0 Å². The molecule has 2 amide bonds. The number of hydrogen-bond donors (Lipinski definition) is 1. The molecule has 0 aliphatic carbocycles. The monoisotopic (exact) mass is 368 g/mol. The second kappa shape index (κ2) is 7.33. The van der Waals surface area contributed by atoms with Gasteiger partial charge in [0.05, 0.1) is 23.0 Å². The number of aromatic nitrogens is 2. The lowest BCUT2D eigenvalue weighted by molar-refractivity contribution is -0.139. The van der Waals surface area contributed by atoms with E-state index in [2.05, 4.69) is 18.8 Å². The zero-order valence-electron chi connectivity index (χ0n) is 16.1. The molecular formula is C21H28N4O2. The SMILES string of the molecule is CC(C)CN1CC(C(=O)N2CCCCC2c2nc3ccccc3[nH]2)CC1=O. The van der Waals surface area contributed by atoms with E-state index in [1.807, 2.05) is 34.1 Å². The average molecular weight is 368 g/mol. The van der Waals surface area contributed by atoms with Gasteiger partial charge in [0.2, 0.25) is 11.8 Å². The molecule has 1 aromatic heterocycles. The Bertz CT molecular complexity index is 811. The summed E-state index contributed by atoms with van der Waals surface area (Å²) >= 11 is 0. The van der Waals surface area contributed by atoms with Crippen LogP contribution in [0.2, 0.25) is 0 Å². The highest BCUT2D eigenvalue weighted by Crippen LogP contribution is 2.33. The molecule has 144 valence electrons. The van der Waals surface area contributed by atoms with Crippen molar-refractivity contribution in [1.82, 2.24) is 19.8 Å². The summed E-state index contributed by atoms with van der Waals surface area (Å²) in [6.07, 6.45) is 3.37. The van der Waals surface area contributed by atoms with E-state index in [4.69, 9.17) is 4.98 Å². The molecule has 2 aliphatic rings. The second-order valence-corrected chi connectivity index (χ2v) is 8.28. The molecule has 1 N–H and O–H groups in total. The molecule has 6 nitrogen and oxygen atoms in total. The number of piperidine rings is 1. The van der Waals surface area contributed by atoms with Crippen LogP contribution in [-0.2, 0) is 9.59 Å². The van der Waals surface area contributed by atoms with Crippen molar-refractivity contribution in [3.63, 3.8) is 0 Å². The number of fused-ring (bicyclic) bond motifs is 1. The van der Waals surface area contributed by atoms with Gasteiger partial charge in [0, 0.05) is 26.1 Å². The van der Waals surface area contributed by atoms with Gasteiger partial charge in [0.15, 0.2) is 0 Å². The van der Waals surface area contributed by atoms with E-state index >= 15 is 0 Å². The van der Waals surface area contributed by atoms with E-state index in [1.165, 1.54) is 0 Å². The number of amides is 2. The van der Waals surface area contributed by atoms with E-state index in [1.54, 1.807) is 0 Å². The first-order chi connectivity index (χ1) is 13.0. The van der Waals surface area contributed by atoms with Gasteiger partial charge >= 0.3 is 0 Å². The van der Waals surface area contributed by atoms with Gasteiger partial charge in [-0.15, -0.1) is 0 Å². The number of aromatic amines is 1. The lowest BCUT2D eigenvalue weighted by atomic mass is 9.98. The van der Waals surface area contributed by atoms with Crippen molar-refractivity contribution in [2.45, 2.75) is 45.6 Å². The molecular weight excluding hydrogens is 340 g/mol. The highest BCUT2D eigenvalue weighted by Gasteiger charge is 2.40. The Hall–Kier alpha value is -2.37. The summed E-state index contributed by atoms with van der Waals surface area (Å²) in [5, 5.41) is 0. The number of H-pyrrole nitrogens is 1. The summed E-state index contributed by atoms with van der Waals surface area (Å²) in [6.45, 7) is 6.24. The van der Waals surface area contributed by atoms with Gasteiger partial charge in [0.1, 0.15) is 5.82 Å². The molecule has 0 radical (unpaired) electrons. The Balaban J connectivity index is 1.54. The zero-order chi connectivity index (χ0) is 19.0. The van der Waals surface area contributed by atoms with Crippen LogP contribution in [0, 0.1) is 11.8 Å². The molecule has 2 aromatic rings. The topological polar surface area (TPSA) is 69.3 Å². The number of nitrogens with zero attached hydrogens (tertiary/aromatic N) is 3. The van der Waals surface area contributed by atoms with Crippen LogP contribution in [0.15, 0.2) is 24.3 Å². The summed E-state index contributed by atoms with van der Waals surface area (Å²) in [7, 11) is 0. The van der Waals surface area contributed by atoms with Crippen molar-refractivity contribution in [3.05, 3.63) is 30.1 Å². The highest BCUT2D eigenvalue weighted by molar-refractivity contribution is 5.89. The minimum absolute atomic E-state index is 0.0205. The summed E-state index contributed by atoms with van der Waals surface area (Å²) < 4.78 is 0. The van der Waals surface area contributed by atoms with Gasteiger partial charge < -0.3 is 14.8 Å². The quantitative estimate of drug-likeness (QED) is 0.901. The van der Waals surface area contributed by atoms with Crippen molar-refractivity contribution in [1.29, 1.82) is 0 Å². The first kappa shape index (κ1) is 18.0. The number of hydrogen-bond acceptors (Lipinski definition) is 3. The fraction of sp³-hybridized carbons (Fsp3) is 0.571. The van der Waals surface area contributed by atoms with Crippen LogP contribution in [0.4, 0.5) is 0 Å². The van der Waals surface area contributed by atoms with Crippen LogP contribution in [-0.4, -0.2) is 51.2 Å². The maximum Gasteiger partial charge on any atom is 0.228 e. The third-order valence-electron chi connectivity index (χ3n) is 5.66. The van der Waals surface area contributed by atoms with E-state index in [-0.39, 0.29) is 23.8 Å². The number of para-hydroxylation sites is 2. The number of rotatable bonds is 4. The molecule has 2 unspecified atom stereocenters. The van der Waals surface area contributed by atoms with Crippen LogP contribution >= 0.6 is 0 Å². The molecule has 0 spiro atoms. The number of likely N-dealkylation sites (tertiary alicyclic amines) is 2. The molecule has 27 heavy (non-hydrogen) atoms. The van der Waals surface area contributed by atoms with E-state index in [0.717, 1.165) is 49.2 Å². The first-order valence-corrected chi connectivity index (χ1v) is 10.1. The van der Waals surface area contributed by atoms with Crippen LogP contribution in [0.25, 0.3) is 11.0 Å². The van der Waals surface area contributed by atoms with Crippen LogP contribution in [0.1, 0.15) is 51.4 Å². The summed E-state index contributed by atoms with van der Waals surface area (Å²) in [4.78, 5) is 37.6. The Morgan fingerprint density at radius 3 is 2.89 bits per heavy atom. The number of carbonyl (C=O) groups is 2. The largest absolute Gasteiger partial charge is 0.342 e. The van der Waals surface area contributed by atoms with Crippen molar-refractivity contribution in [3.8, 4) is 0 Å². The Morgan fingerprint density at radius 2 is 2.11 bits per heavy atom. The summed E-state index contributed by atoms with van der Waals surface area (Å²) in [5.41, 5.74) is 1.94. The molecule has 0 bridgehead atoms. The minimum Gasteiger partial charge on any atom is -0.342 e. The van der Waals surface area contributed by atoms with Gasteiger partial charge in [-0.05, 0) is 37.3 Å². The standard InChI is InChI=1S/C21H28N4O2/c1-14(2)12-24-13-15(11-19(24)26)21(27)25-10-6-5-9-18(25)20-22-16-7-3-4-8-17(16)23-20/h3-4,7-8,14-15,18H,5-6,9-13H2,1-2H3,(H,22,23). The lowest BCUT2D eigenvalue weighted by Crippen LogP contribution is -2.43.